The van der Waals surface area contributed by atoms with E-state index < -0.39 is 10.0 Å². The molecule has 1 aromatic carbocycles. The number of hydrogen-bond donors (Lipinski definition) is 0. The molecule has 26 heavy (non-hydrogen) atoms. The number of tetrazole rings is 1. The number of unbranched alkanes of at least 4 members (excludes halogenated alkanes) is 1. The van der Waals surface area contributed by atoms with Crippen LogP contribution in [-0.4, -0.2) is 64.0 Å². The summed E-state index contributed by atoms with van der Waals surface area (Å²) in [5.74, 6) is 0.841. The Balaban J connectivity index is 1.59. The van der Waals surface area contributed by atoms with E-state index in [0.717, 1.165) is 30.8 Å². The van der Waals surface area contributed by atoms with Crippen molar-refractivity contribution < 1.29 is 8.42 Å². The Morgan fingerprint density at radius 2 is 1.77 bits per heavy atom. The number of sulfonamides is 1. The van der Waals surface area contributed by atoms with Gasteiger partial charge in [-0.25, -0.2) is 13.1 Å². The van der Waals surface area contributed by atoms with Gasteiger partial charge in [-0.2, -0.15) is 4.31 Å². The van der Waals surface area contributed by atoms with Gasteiger partial charge < -0.3 is 0 Å². The number of aromatic nitrogens is 4. The lowest BCUT2D eigenvalue weighted by Crippen LogP contribution is -2.48. The summed E-state index contributed by atoms with van der Waals surface area (Å²) in [7, 11) is -3.42. The lowest BCUT2D eigenvalue weighted by molar-refractivity contribution is 0.175. The fourth-order valence-electron chi connectivity index (χ4n) is 3.01. The Bertz CT molecular complexity index is 810. The van der Waals surface area contributed by atoms with Crippen LogP contribution in [0.5, 0.6) is 0 Å². The average molecular weight is 379 g/mol. The van der Waals surface area contributed by atoms with Crippen molar-refractivity contribution in [1.82, 2.24) is 29.4 Å². The molecule has 1 aliphatic rings. The van der Waals surface area contributed by atoms with Gasteiger partial charge in [0.25, 0.3) is 0 Å². The molecule has 142 valence electrons. The second kappa shape index (κ2) is 8.24. The fourth-order valence-corrected chi connectivity index (χ4v) is 4.43. The average Bonchev–Trinajstić information content (AvgIpc) is 3.08. The first-order chi connectivity index (χ1) is 12.5. The third kappa shape index (κ3) is 4.28. The fraction of sp³-hybridized carbons (Fsp3) is 0.588. The summed E-state index contributed by atoms with van der Waals surface area (Å²) in [5.41, 5.74) is 1.05. The monoisotopic (exact) mass is 378 g/mol. The highest BCUT2D eigenvalue weighted by molar-refractivity contribution is 7.89. The van der Waals surface area contributed by atoms with Crippen LogP contribution in [0.15, 0.2) is 29.2 Å². The first-order valence-corrected chi connectivity index (χ1v) is 10.5. The zero-order valence-corrected chi connectivity index (χ0v) is 16.2. The number of benzene rings is 1. The van der Waals surface area contributed by atoms with Gasteiger partial charge in [-0.1, -0.05) is 31.0 Å². The number of hydrogen-bond acceptors (Lipinski definition) is 6. The van der Waals surface area contributed by atoms with Crippen molar-refractivity contribution in [2.24, 2.45) is 0 Å². The molecule has 9 heteroatoms. The molecule has 0 spiro atoms. The van der Waals surface area contributed by atoms with Crippen molar-refractivity contribution in [3.05, 3.63) is 35.7 Å². The van der Waals surface area contributed by atoms with Crippen LogP contribution in [0, 0.1) is 6.92 Å². The van der Waals surface area contributed by atoms with Crippen LogP contribution in [0.3, 0.4) is 0 Å². The van der Waals surface area contributed by atoms with Gasteiger partial charge in [0.15, 0.2) is 5.82 Å². The second-order valence-electron chi connectivity index (χ2n) is 6.67. The maximum absolute atomic E-state index is 12.8. The Kier molecular flexibility index (Phi) is 6.00. The molecule has 0 amide bonds. The van der Waals surface area contributed by atoms with E-state index in [9.17, 15) is 8.42 Å². The van der Waals surface area contributed by atoms with E-state index in [1.165, 1.54) is 0 Å². The van der Waals surface area contributed by atoms with E-state index in [-0.39, 0.29) is 0 Å². The zero-order chi connectivity index (χ0) is 18.6. The molecule has 0 atom stereocenters. The maximum Gasteiger partial charge on any atom is 0.243 e. The number of rotatable bonds is 7. The Morgan fingerprint density at radius 1 is 1.08 bits per heavy atom. The molecule has 0 unspecified atom stereocenters. The largest absolute Gasteiger partial charge is 0.293 e. The Labute approximate surface area is 154 Å². The van der Waals surface area contributed by atoms with Crippen molar-refractivity contribution in [3.63, 3.8) is 0 Å². The summed E-state index contributed by atoms with van der Waals surface area (Å²) in [5, 5.41) is 11.9. The van der Waals surface area contributed by atoms with Gasteiger partial charge in [0.1, 0.15) is 0 Å². The Morgan fingerprint density at radius 3 is 2.42 bits per heavy atom. The normalized spacial score (nSPS) is 16.8. The standard InChI is InChI=1S/C17H26N6O2S/c1-3-4-9-23-17(18-19-20-23)14-21-10-12-22(13-11-21)26(24,25)16-7-5-15(2)6-8-16/h5-8H,3-4,9-14H2,1-2H3. The van der Waals surface area contributed by atoms with Crippen LogP contribution in [0.25, 0.3) is 0 Å². The van der Waals surface area contributed by atoms with Crippen molar-refractivity contribution in [2.45, 2.75) is 44.7 Å². The molecule has 2 aromatic rings. The lowest BCUT2D eigenvalue weighted by Gasteiger charge is -2.33. The number of piperazine rings is 1. The van der Waals surface area contributed by atoms with E-state index in [1.54, 1.807) is 16.4 Å². The van der Waals surface area contributed by atoms with Crippen molar-refractivity contribution in [3.8, 4) is 0 Å². The molecule has 2 heterocycles. The van der Waals surface area contributed by atoms with Crippen LogP contribution in [0.4, 0.5) is 0 Å². The van der Waals surface area contributed by atoms with E-state index in [4.69, 9.17) is 0 Å². The van der Waals surface area contributed by atoms with E-state index >= 15 is 0 Å². The molecular formula is C17H26N6O2S. The predicted octanol–water partition coefficient (Wildman–Crippen LogP) is 1.29. The highest BCUT2D eigenvalue weighted by atomic mass is 32.2. The maximum atomic E-state index is 12.8. The molecule has 0 N–H and O–H groups in total. The molecule has 1 saturated heterocycles. The quantitative estimate of drug-likeness (QED) is 0.722. The summed E-state index contributed by atoms with van der Waals surface area (Å²) in [6.45, 7) is 7.85. The third-order valence-corrected chi connectivity index (χ3v) is 6.60. The predicted molar refractivity (Wildman–Crippen MR) is 97.9 cm³/mol. The summed E-state index contributed by atoms with van der Waals surface area (Å²) >= 11 is 0. The second-order valence-corrected chi connectivity index (χ2v) is 8.60. The topological polar surface area (TPSA) is 84.2 Å². The minimum Gasteiger partial charge on any atom is -0.293 e. The van der Waals surface area contributed by atoms with Gasteiger partial charge in [0.05, 0.1) is 11.4 Å². The van der Waals surface area contributed by atoms with Crippen molar-refractivity contribution >= 4 is 10.0 Å². The van der Waals surface area contributed by atoms with Gasteiger partial charge >= 0.3 is 0 Å². The van der Waals surface area contributed by atoms with Gasteiger partial charge in [-0.05, 0) is 35.9 Å². The van der Waals surface area contributed by atoms with Crippen LogP contribution < -0.4 is 0 Å². The van der Waals surface area contributed by atoms with E-state index in [1.807, 2.05) is 23.7 Å². The van der Waals surface area contributed by atoms with Gasteiger partial charge in [-0.3, -0.25) is 4.90 Å². The van der Waals surface area contributed by atoms with Crippen LogP contribution >= 0.6 is 0 Å². The third-order valence-electron chi connectivity index (χ3n) is 4.68. The van der Waals surface area contributed by atoms with Crippen molar-refractivity contribution in [1.29, 1.82) is 0 Å². The summed E-state index contributed by atoms with van der Waals surface area (Å²) in [6.07, 6.45) is 2.13. The molecule has 0 saturated carbocycles. The van der Waals surface area contributed by atoms with Crippen molar-refractivity contribution in [2.75, 3.05) is 26.2 Å². The van der Waals surface area contributed by atoms with Gasteiger partial charge in [0.2, 0.25) is 10.0 Å². The van der Waals surface area contributed by atoms with Gasteiger partial charge in [0, 0.05) is 32.7 Å². The summed E-state index contributed by atoms with van der Waals surface area (Å²) in [6, 6.07) is 7.02. The first-order valence-electron chi connectivity index (χ1n) is 9.05. The van der Waals surface area contributed by atoms with E-state index in [0.29, 0.717) is 37.6 Å². The molecule has 0 bridgehead atoms. The molecule has 0 aliphatic carbocycles. The smallest absolute Gasteiger partial charge is 0.243 e. The highest BCUT2D eigenvalue weighted by Crippen LogP contribution is 2.18. The van der Waals surface area contributed by atoms with E-state index in [2.05, 4.69) is 27.3 Å². The lowest BCUT2D eigenvalue weighted by atomic mass is 10.2. The van der Waals surface area contributed by atoms with Crippen LogP contribution in [-0.2, 0) is 23.1 Å². The van der Waals surface area contributed by atoms with Gasteiger partial charge in [-0.15, -0.1) is 5.10 Å². The highest BCUT2D eigenvalue weighted by Gasteiger charge is 2.28. The minimum atomic E-state index is -3.42. The van der Waals surface area contributed by atoms with Crippen LogP contribution in [0.1, 0.15) is 31.2 Å². The molecule has 1 aromatic heterocycles. The number of nitrogens with zero attached hydrogens (tertiary/aromatic N) is 6. The molecule has 1 aliphatic heterocycles. The Hall–Kier alpha value is -1.84. The molecule has 3 rings (SSSR count). The SMILES string of the molecule is CCCCn1nnnc1CN1CCN(S(=O)(=O)c2ccc(C)cc2)CC1. The molecule has 1 fully saturated rings. The zero-order valence-electron chi connectivity index (χ0n) is 15.4. The summed E-state index contributed by atoms with van der Waals surface area (Å²) in [4.78, 5) is 2.56. The first kappa shape index (κ1) is 18.9. The number of aryl methyl sites for hydroxylation is 2. The minimum absolute atomic E-state index is 0.361. The molecule has 8 nitrogen and oxygen atoms in total. The summed E-state index contributed by atoms with van der Waals surface area (Å²) < 4.78 is 28.9. The molecular weight excluding hydrogens is 352 g/mol. The van der Waals surface area contributed by atoms with Crippen LogP contribution in [0.2, 0.25) is 0 Å². The molecule has 0 radical (unpaired) electrons.